The van der Waals surface area contributed by atoms with Gasteiger partial charge >= 0.3 is 0 Å². The topological polar surface area (TPSA) is 48.1 Å². The number of ether oxygens (including phenoxy) is 1. The SMILES string of the molecule is Cc1csc(Oc2ccc(-c3ccc(CN)cc3)cc2)n1. The largest absolute Gasteiger partial charge is 0.431 e. The lowest BCUT2D eigenvalue weighted by Gasteiger charge is -2.05. The van der Waals surface area contributed by atoms with E-state index in [1.807, 2.05) is 36.6 Å². The van der Waals surface area contributed by atoms with Crippen LogP contribution in [-0.4, -0.2) is 4.98 Å². The molecule has 0 saturated carbocycles. The lowest BCUT2D eigenvalue weighted by atomic mass is 10.0. The first-order valence-electron chi connectivity index (χ1n) is 6.74. The van der Waals surface area contributed by atoms with Gasteiger partial charge in [0.05, 0.1) is 5.69 Å². The summed E-state index contributed by atoms with van der Waals surface area (Å²) in [5, 5.41) is 2.65. The van der Waals surface area contributed by atoms with Crippen LogP contribution in [-0.2, 0) is 6.54 Å². The molecule has 106 valence electrons. The Morgan fingerprint density at radius 1 is 1.00 bits per heavy atom. The zero-order valence-corrected chi connectivity index (χ0v) is 12.6. The first-order chi connectivity index (χ1) is 10.2. The van der Waals surface area contributed by atoms with Gasteiger partial charge in [-0.1, -0.05) is 47.7 Å². The van der Waals surface area contributed by atoms with Crippen LogP contribution >= 0.6 is 11.3 Å². The zero-order chi connectivity index (χ0) is 14.7. The molecule has 0 bridgehead atoms. The molecule has 3 nitrogen and oxygen atoms in total. The highest BCUT2D eigenvalue weighted by atomic mass is 32.1. The summed E-state index contributed by atoms with van der Waals surface area (Å²) >= 11 is 1.50. The second-order valence-corrected chi connectivity index (χ2v) is 5.60. The highest BCUT2D eigenvalue weighted by Crippen LogP contribution is 2.27. The Bertz CT molecular complexity index is 717. The van der Waals surface area contributed by atoms with Crippen molar-refractivity contribution in [2.75, 3.05) is 0 Å². The molecular formula is C17H16N2OS. The average molecular weight is 296 g/mol. The monoisotopic (exact) mass is 296 g/mol. The van der Waals surface area contributed by atoms with Crippen LogP contribution < -0.4 is 10.5 Å². The molecule has 0 aliphatic heterocycles. The first kappa shape index (κ1) is 13.8. The van der Waals surface area contributed by atoms with Gasteiger partial charge in [-0.25, -0.2) is 4.98 Å². The van der Waals surface area contributed by atoms with Crippen molar-refractivity contribution in [2.45, 2.75) is 13.5 Å². The maximum absolute atomic E-state index is 5.72. The third-order valence-corrected chi connectivity index (χ3v) is 4.02. The Balaban J connectivity index is 1.76. The van der Waals surface area contributed by atoms with Gasteiger partial charge in [0.1, 0.15) is 5.75 Å². The summed E-state index contributed by atoms with van der Waals surface area (Å²) in [5.74, 6) is 0.798. The molecule has 0 amide bonds. The summed E-state index contributed by atoms with van der Waals surface area (Å²) in [6.07, 6.45) is 0. The fraction of sp³-hybridized carbons (Fsp3) is 0.118. The van der Waals surface area contributed by atoms with Gasteiger partial charge in [-0.2, -0.15) is 0 Å². The third-order valence-electron chi connectivity index (χ3n) is 3.18. The molecule has 0 aliphatic carbocycles. The number of rotatable bonds is 4. The molecule has 1 aromatic heterocycles. The normalized spacial score (nSPS) is 10.6. The predicted molar refractivity (Wildman–Crippen MR) is 86.7 cm³/mol. The molecule has 2 aromatic carbocycles. The van der Waals surface area contributed by atoms with E-state index in [0.29, 0.717) is 11.7 Å². The van der Waals surface area contributed by atoms with Crippen LogP contribution in [0, 0.1) is 6.92 Å². The van der Waals surface area contributed by atoms with E-state index in [4.69, 9.17) is 10.5 Å². The van der Waals surface area contributed by atoms with Crippen molar-refractivity contribution in [1.29, 1.82) is 0 Å². The maximum Gasteiger partial charge on any atom is 0.278 e. The molecule has 0 unspecified atom stereocenters. The van der Waals surface area contributed by atoms with Gasteiger partial charge in [-0.3, -0.25) is 0 Å². The van der Waals surface area contributed by atoms with Crippen molar-refractivity contribution >= 4 is 11.3 Å². The maximum atomic E-state index is 5.72. The van der Waals surface area contributed by atoms with Gasteiger partial charge < -0.3 is 10.5 Å². The van der Waals surface area contributed by atoms with E-state index in [2.05, 4.69) is 29.2 Å². The number of nitrogens with two attached hydrogens (primary N) is 1. The fourth-order valence-corrected chi connectivity index (χ4v) is 2.69. The van der Waals surface area contributed by atoms with Crippen LogP contribution in [0.3, 0.4) is 0 Å². The van der Waals surface area contributed by atoms with Crippen LogP contribution in [0.1, 0.15) is 11.3 Å². The number of hydrogen-bond donors (Lipinski definition) is 1. The van der Waals surface area contributed by atoms with Crippen LogP contribution in [0.2, 0.25) is 0 Å². The molecule has 0 aliphatic rings. The van der Waals surface area contributed by atoms with Crippen molar-refractivity contribution in [3.63, 3.8) is 0 Å². The molecular weight excluding hydrogens is 280 g/mol. The number of aryl methyl sites for hydroxylation is 1. The fourth-order valence-electron chi connectivity index (χ4n) is 2.03. The highest BCUT2D eigenvalue weighted by Gasteiger charge is 2.03. The average Bonchev–Trinajstić information content (AvgIpc) is 2.93. The number of hydrogen-bond acceptors (Lipinski definition) is 4. The van der Waals surface area contributed by atoms with Crippen molar-refractivity contribution < 1.29 is 4.74 Å². The molecule has 1 heterocycles. The quantitative estimate of drug-likeness (QED) is 0.777. The molecule has 0 atom stereocenters. The number of benzene rings is 2. The lowest BCUT2D eigenvalue weighted by molar-refractivity contribution is 0.478. The molecule has 0 fully saturated rings. The van der Waals surface area contributed by atoms with Gasteiger partial charge in [-0.05, 0) is 35.7 Å². The van der Waals surface area contributed by atoms with E-state index >= 15 is 0 Å². The lowest BCUT2D eigenvalue weighted by Crippen LogP contribution is -1.95. The summed E-state index contributed by atoms with van der Waals surface area (Å²) in [4.78, 5) is 4.29. The minimum absolute atomic E-state index is 0.570. The van der Waals surface area contributed by atoms with E-state index in [-0.39, 0.29) is 0 Å². The number of aromatic nitrogens is 1. The first-order valence-corrected chi connectivity index (χ1v) is 7.62. The molecule has 2 N–H and O–H groups in total. The van der Waals surface area contributed by atoms with Gasteiger partial charge in [0.25, 0.3) is 5.19 Å². The van der Waals surface area contributed by atoms with E-state index in [1.165, 1.54) is 16.9 Å². The summed E-state index contributed by atoms with van der Waals surface area (Å²) in [5.41, 5.74) is 10.1. The highest BCUT2D eigenvalue weighted by molar-refractivity contribution is 7.11. The minimum Gasteiger partial charge on any atom is -0.431 e. The van der Waals surface area contributed by atoms with Gasteiger partial charge in [-0.15, -0.1) is 0 Å². The minimum atomic E-state index is 0.570. The smallest absolute Gasteiger partial charge is 0.278 e. The Kier molecular flexibility index (Phi) is 3.99. The molecule has 21 heavy (non-hydrogen) atoms. The van der Waals surface area contributed by atoms with Crippen LogP contribution in [0.15, 0.2) is 53.9 Å². The zero-order valence-electron chi connectivity index (χ0n) is 11.7. The molecule has 3 aromatic rings. The van der Waals surface area contributed by atoms with Crippen molar-refractivity contribution in [3.05, 3.63) is 65.2 Å². The second kappa shape index (κ2) is 6.08. The van der Waals surface area contributed by atoms with Gasteiger partial charge in [0.2, 0.25) is 0 Å². The number of thiazole rings is 1. The van der Waals surface area contributed by atoms with Gasteiger partial charge in [0, 0.05) is 11.9 Å². The van der Waals surface area contributed by atoms with Crippen LogP contribution in [0.25, 0.3) is 11.1 Å². The van der Waals surface area contributed by atoms with Crippen molar-refractivity contribution in [2.24, 2.45) is 5.73 Å². The van der Waals surface area contributed by atoms with E-state index in [9.17, 15) is 0 Å². The van der Waals surface area contributed by atoms with Crippen LogP contribution in [0.4, 0.5) is 0 Å². The molecule has 0 radical (unpaired) electrons. The summed E-state index contributed by atoms with van der Waals surface area (Å²) in [7, 11) is 0. The second-order valence-electron chi connectivity index (χ2n) is 4.78. The standard InChI is InChI=1S/C17H16N2OS/c1-12-11-21-17(19-12)20-16-8-6-15(7-9-16)14-4-2-13(10-18)3-5-14/h2-9,11H,10,18H2,1H3. The van der Waals surface area contributed by atoms with Gasteiger partial charge in [0.15, 0.2) is 0 Å². The number of nitrogens with zero attached hydrogens (tertiary/aromatic N) is 1. The predicted octanol–water partition coefficient (Wildman–Crippen LogP) is 4.37. The van der Waals surface area contributed by atoms with E-state index < -0.39 is 0 Å². The molecule has 4 heteroatoms. The molecule has 3 rings (SSSR count). The van der Waals surface area contributed by atoms with Crippen molar-refractivity contribution in [3.8, 4) is 22.1 Å². The summed E-state index contributed by atoms with van der Waals surface area (Å²) in [6, 6.07) is 16.3. The summed E-state index contributed by atoms with van der Waals surface area (Å²) < 4.78 is 5.72. The van der Waals surface area contributed by atoms with E-state index in [0.717, 1.165) is 22.6 Å². The Labute approximate surface area is 128 Å². The Morgan fingerprint density at radius 3 is 2.14 bits per heavy atom. The van der Waals surface area contributed by atoms with E-state index in [1.54, 1.807) is 0 Å². The molecule has 0 saturated heterocycles. The van der Waals surface area contributed by atoms with Crippen molar-refractivity contribution in [1.82, 2.24) is 4.98 Å². The summed E-state index contributed by atoms with van der Waals surface area (Å²) in [6.45, 7) is 2.53. The Hall–Kier alpha value is -2.17. The molecule has 0 spiro atoms. The van der Waals surface area contributed by atoms with Crippen LogP contribution in [0.5, 0.6) is 10.9 Å². The third kappa shape index (κ3) is 3.29. The Morgan fingerprint density at radius 2 is 1.62 bits per heavy atom.